The van der Waals surface area contributed by atoms with Gasteiger partial charge in [0.1, 0.15) is 12.2 Å². The van der Waals surface area contributed by atoms with Gasteiger partial charge in [0.05, 0.1) is 19.3 Å². The molecule has 0 amide bonds. The number of hydrogen-bond donors (Lipinski definition) is 2. The largest absolute Gasteiger partial charge is 0.387 e. The average molecular weight is 412 g/mol. The third kappa shape index (κ3) is 3.72. The number of aromatic nitrogens is 2. The highest BCUT2D eigenvalue weighted by Crippen LogP contribution is 2.31. The lowest BCUT2D eigenvalue weighted by Crippen LogP contribution is -2.39. The summed E-state index contributed by atoms with van der Waals surface area (Å²) in [6, 6.07) is 1.22. The molecule has 0 saturated carbocycles. The first-order valence-electron chi connectivity index (χ1n) is 6.40. The molecule has 1 aromatic rings. The van der Waals surface area contributed by atoms with Gasteiger partial charge in [0.15, 0.2) is 6.23 Å². The topological polar surface area (TPSA) is 103 Å². The summed E-state index contributed by atoms with van der Waals surface area (Å²) < 4.78 is 18.0. The first-order valence-corrected chi connectivity index (χ1v) is 7.92. The van der Waals surface area contributed by atoms with Crippen LogP contribution >= 0.6 is 22.6 Å². The van der Waals surface area contributed by atoms with Crippen molar-refractivity contribution in [3.63, 3.8) is 0 Å². The number of aromatic amines is 1. The number of H-pyrrole nitrogens is 1. The van der Waals surface area contributed by atoms with Crippen molar-refractivity contribution in [2.24, 2.45) is 0 Å². The number of rotatable bonds is 6. The SMILES string of the molecule is COCCO[C@@H]1[C@H](O)[C@@H](CI)O[C@H]1n1ccc(=O)[nH]c1=O. The van der Waals surface area contributed by atoms with E-state index in [9.17, 15) is 14.7 Å². The molecule has 1 fully saturated rings. The summed E-state index contributed by atoms with van der Waals surface area (Å²) in [5, 5.41) is 10.2. The maximum atomic E-state index is 11.9. The molecule has 4 atom stereocenters. The van der Waals surface area contributed by atoms with Gasteiger partial charge in [-0.1, -0.05) is 22.6 Å². The summed E-state index contributed by atoms with van der Waals surface area (Å²) in [5.41, 5.74) is -1.09. The van der Waals surface area contributed by atoms with E-state index in [0.29, 0.717) is 11.0 Å². The van der Waals surface area contributed by atoms with Crippen molar-refractivity contribution >= 4 is 22.6 Å². The molecule has 0 aromatic carbocycles. The Balaban J connectivity index is 2.25. The Morgan fingerprint density at radius 2 is 2.24 bits per heavy atom. The first kappa shape index (κ1) is 16.6. The molecule has 0 bridgehead atoms. The van der Waals surface area contributed by atoms with Crippen molar-refractivity contribution in [3.8, 4) is 0 Å². The number of hydrogen-bond acceptors (Lipinski definition) is 6. The number of methoxy groups -OCH3 is 1. The van der Waals surface area contributed by atoms with Gasteiger partial charge in [0.25, 0.3) is 5.56 Å². The minimum absolute atomic E-state index is 0.268. The molecule has 9 heteroatoms. The molecule has 2 heterocycles. The summed E-state index contributed by atoms with van der Waals surface area (Å²) in [5.74, 6) is 0. The molecule has 118 valence electrons. The lowest BCUT2D eigenvalue weighted by Gasteiger charge is -2.22. The molecule has 0 unspecified atom stereocenters. The number of aliphatic hydroxyl groups is 1. The van der Waals surface area contributed by atoms with E-state index >= 15 is 0 Å². The molecular weight excluding hydrogens is 395 g/mol. The molecule has 2 N–H and O–H groups in total. The van der Waals surface area contributed by atoms with Crippen LogP contribution in [0, 0.1) is 0 Å². The molecular formula is C12H17IN2O6. The zero-order valence-electron chi connectivity index (χ0n) is 11.4. The van der Waals surface area contributed by atoms with Crippen molar-refractivity contribution in [2.45, 2.75) is 24.5 Å². The van der Waals surface area contributed by atoms with Crippen LogP contribution < -0.4 is 11.2 Å². The zero-order valence-corrected chi connectivity index (χ0v) is 13.6. The Kier molecular flexibility index (Phi) is 5.93. The number of halogens is 1. The minimum atomic E-state index is -0.859. The third-order valence-electron chi connectivity index (χ3n) is 3.19. The van der Waals surface area contributed by atoms with E-state index in [1.54, 1.807) is 7.11 Å². The lowest BCUT2D eigenvalue weighted by atomic mass is 10.1. The third-order valence-corrected chi connectivity index (χ3v) is 4.06. The number of nitrogens with zero attached hydrogens (tertiary/aromatic N) is 1. The predicted molar refractivity (Wildman–Crippen MR) is 81.7 cm³/mol. The quantitative estimate of drug-likeness (QED) is 0.363. The zero-order chi connectivity index (χ0) is 15.4. The van der Waals surface area contributed by atoms with Crippen molar-refractivity contribution in [3.05, 3.63) is 33.1 Å². The Labute approximate surface area is 134 Å². The molecule has 1 aliphatic heterocycles. The summed E-state index contributed by atoms with van der Waals surface area (Å²) in [7, 11) is 1.54. The van der Waals surface area contributed by atoms with Gasteiger partial charge in [-0.3, -0.25) is 14.3 Å². The molecule has 21 heavy (non-hydrogen) atoms. The van der Waals surface area contributed by atoms with Crippen LogP contribution in [0.3, 0.4) is 0 Å². The highest BCUT2D eigenvalue weighted by atomic mass is 127. The molecule has 0 aliphatic carbocycles. The maximum absolute atomic E-state index is 11.9. The predicted octanol–water partition coefficient (Wildman–Crippen LogP) is -0.738. The summed E-state index contributed by atoms with van der Waals surface area (Å²) >= 11 is 2.09. The number of ether oxygens (including phenoxy) is 3. The Morgan fingerprint density at radius 3 is 2.86 bits per heavy atom. The van der Waals surface area contributed by atoms with E-state index < -0.39 is 35.8 Å². The second kappa shape index (κ2) is 7.49. The summed E-state index contributed by atoms with van der Waals surface area (Å²) in [4.78, 5) is 25.2. The minimum Gasteiger partial charge on any atom is -0.387 e. The van der Waals surface area contributed by atoms with E-state index in [1.807, 2.05) is 0 Å². The van der Waals surface area contributed by atoms with E-state index in [1.165, 1.54) is 16.8 Å². The average Bonchev–Trinajstić information content (AvgIpc) is 2.76. The number of alkyl halides is 1. The smallest absolute Gasteiger partial charge is 0.330 e. The molecule has 2 rings (SSSR count). The number of aliphatic hydroxyl groups excluding tert-OH is 1. The van der Waals surface area contributed by atoms with Gasteiger partial charge in [0.2, 0.25) is 0 Å². The monoisotopic (exact) mass is 412 g/mol. The highest BCUT2D eigenvalue weighted by molar-refractivity contribution is 14.1. The standard InChI is InChI=1S/C12H17IN2O6/c1-19-4-5-20-10-9(17)7(6-13)21-11(10)15-3-2-8(16)14-12(15)18/h2-3,7,9-11,17H,4-6H2,1H3,(H,14,16,18)/t7-,9-,10-,11-/m1/s1. The molecule has 1 aromatic heterocycles. The van der Waals surface area contributed by atoms with Crippen LogP contribution in [0.1, 0.15) is 6.23 Å². The van der Waals surface area contributed by atoms with Crippen LogP contribution in [-0.2, 0) is 14.2 Å². The molecule has 0 spiro atoms. The Morgan fingerprint density at radius 1 is 1.48 bits per heavy atom. The van der Waals surface area contributed by atoms with Crippen LogP contribution in [0.5, 0.6) is 0 Å². The van der Waals surface area contributed by atoms with Gasteiger partial charge >= 0.3 is 5.69 Å². The van der Waals surface area contributed by atoms with Gasteiger partial charge in [-0.25, -0.2) is 4.79 Å². The van der Waals surface area contributed by atoms with Gasteiger partial charge in [-0.15, -0.1) is 0 Å². The fraction of sp³-hybridized carbons (Fsp3) is 0.667. The second-order valence-corrected chi connectivity index (χ2v) is 5.44. The van der Waals surface area contributed by atoms with E-state index in [2.05, 4.69) is 27.6 Å². The fourth-order valence-electron chi connectivity index (χ4n) is 2.14. The summed E-state index contributed by atoms with van der Waals surface area (Å²) in [6.45, 7) is 0.634. The maximum Gasteiger partial charge on any atom is 0.330 e. The van der Waals surface area contributed by atoms with E-state index in [4.69, 9.17) is 14.2 Å². The summed E-state index contributed by atoms with van der Waals surface area (Å²) in [6.07, 6.45) is -1.46. The first-order chi connectivity index (χ1) is 10.1. The Hall–Kier alpha value is -0.750. The van der Waals surface area contributed by atoms with Gasteiger partial charge in [-0.05, 0) is 0 Å². The van der Waals surface area contributed by atoms with Crippen molar-refractivity contribution in [2.75, 3.05) is 24.8 Å². The van der Waals surface area contributed by atoms with Crippen LogP contribution in [-0.4, -0.2) is 57.7 Å². The van der Waals surface area contributed by atoms with Crippen molar-refractivity contribution in [1.82, 2.24) is 9.55 Å². The van der Waals surface area contributed by atoms with E-state index in [0.717, 1.165) is 0 Å². The van der Waals surface area contributed by atoms with Crippen molar-refractivity contribution in [1.29, 1.82) is 0 Å². The van der Waals surface area contributed by atoms with Crippen LogP contribution in [0.4, 0.5) is 0 Å². The van der Waals surface area contributed by atoms with Crippen LogP contribution in [0.2, 0.25) is 0 Å². The molecule has 0 radical (unpaired) electrons. The lowest BCUT2D eigenvalue weighted by molar-refractivity contribution is -0.0787. The fourth-order valence-corrected chi connectivity index (χ4v) is 2.87. The normalized spacial score (nSPS) is 28.9. The molecule has 1 saturated heterocycles. The number of nitrogens with one attached hydrogen (secondary N) is 1. The van der Waals surface area contributed by atoms with Gasteiger partial charge in [-0.2, -0.15) is 0 Å². The molecule has 1 aliphatic rings. The van der Waals surface area contributed by atoms with Crippen LogP contribution in [0.25, 0.3) is 0 Å². The van der Waals surface area contributed by atoms with E-state index in [-0.39, 0.29) is 6.61 Å². The van der Waals surface area contributed by atoms with Crippen molar-refractivity contribution < 1.29 is 19.3 Å². The van der Waals surface area contributed by atoms with Crippen LogP contribution in [0.15, 0.2) is 21.9 Å². The van der Waals surface area contributed by atoms with Gasteiger partial charge < -0.3 is 19.3 Å². The highest BCUT2D eigenvalue weighted by Gasteiger charge is 2.45. The van der Waals surface area contributed by atoms with Gasteiger partial charge in [0, 0.05) is 23.8 Å². The molecule has 8 nitrogen and oxygen atoms in total. The second-order valence-electron chi connectivity index (χ2n) is 4.56. The Bertz CT molecular complexity index is 573.